The SMILES string of the molecule is CCc1nc(Oc2nc(C)c(CC(=O)Nc3ccccc3)c(C)n2)nc(N2CCN(C)CC2)n1. The fourth-order valence-electron chi connectivity index (χ4n) is 3.72. The van der Waals surface area contributed by atoms with Crippen LogP contribution in [-0.4, -0.2) is 69.0 Å². The van der Waals surface area contributed by atoms with E-state index in [1.807, 2.05) is 51.1 Å². The molecule has 3 aromatic rings. The van der Waals surface area contributed by atoms with Crippen molar-refractivity contribution in [2.45, 2.75) is 33.6 Å². The van der Waals surface area contributed by atoms with Gasteiger partial charge in [0, 0.05) is 55.2 Å². The first-order valence-electron chi connectivity index (χ1n) is 11.5. The fourth-order valence-corrected chi connectivity index (χ4v) is 3.72. The molecule has 1 aliphatic heterocycles. The van der Waals surface area contributed by atoms with Gasteiger partial charge in [0.05, 0.1) is 6.42 Å². The van der Waals surface area contributed by atoms with E-state index in [0.29, 0.717) is 29.6 Å². The molecule has 2 aromatic heterocycles. The summed E-state index contributed by atoms with van der Waals surface area (Å²) in [5.74, 6) is 1.13. The van der Waals surface area contributed by atoms with E-state index in [9.17, 15) is 4.79 Å². The van der Waals surface area contributed by atoms with Crippen molar-refractivity contribution in [3.63, 3.8) is 0 Å². The lowest BCUT2D eigenvalue weighted by molar-refractivity contribution is -0.115. The number of hydrogen-bond acceptors (Lipinski definition) is 9. The highest BCUT2D eigenvalue weighted by Gasteiger charge is 2.20. The minimum atomic E-state index is -0.128. The first kappa shape index (κ1) is 23.5. The minimum Gasteiger partial charge on any atom is -0.388 e. The molecule has 0 bridgehead atoms. The van der Waals surface area contributed by atoms with Gasteiger partial charge in [0.2, 0.25) is 11.9 Å². The second-order valence-corrected chi connectivity index (χ2v) is 8.33. The van der Waals surface area contributed by atoms with Gasteiger partial charge in [-0.1, -0.05) is 25.1 Å². The number of aryl methyl sites for hydroxylation is 3. The third-order valence-electron chi connectivity index (χ3n) is 5.73. The number of aromatic nitrogens is 5. The Morgan fingerprint density at radius 3 is 2.24 bits per heavy atom. The van der Waals surface area contributed by atoms with Crippen molar-refractivity contribution in [1.82, 2.24) is 29.8 Å². The average Bonchev–Trinajstić information content (AvgIpc) is 2.82. The Morgan fingerprint density at radius 1 is 0.941 bits per heavy atom. The molecule has 0 unspecified atom stereocenters. The molecule has 0 radical (unpaired) electrons. The van der Waals surface area contributed by atoms with E-state index in [2.05, 4.69) is 47.1 Å². The van der Waals surface area contributed by atoms with Crippen LogP contribution < -0.4 is 15.0 Å². The van der Waals surface area contributed by atoms with Crippen molar-refractivity contribution >= 4 is 17.5 Å². The first-order valence-corrected chi connectivity index (χ1v) is 11.5. The highest BCUT2D eigenvalue weighted by molar-refractivity contribution is 5.92. The number of benzene rings is 1. The van der Waals surface area contributed by atoms with Crippen LogP contribution in [0.2, 0.25) is 0 Å². The summed E-state index contributed by atoms with van der Waals surface area (Å²) in [6.45, 7) is 9.26. The molecule has 1 aromatic carbocycles. The molecule has 1 N–H and O–H groups in total. The van der Waals surface area contributed by atoms with Crippen molar-refractivity contribution < 1.29 is 9.53 Å². The highest BCUT2D eigenvalue weighted by atomic mass is 16.5. The standard InChI is InChI=1S/C24H30N8O2/c1-5-20-28-22(32-13-11-31(4)12-14-32)30-24(29-20)34-23-25-16(2)19(17(3)26-23)15-21(33)27-18-9-7-6-8-10-18/h6-10H,5,11-15H2,1-4H3,(H,27,33). The van der Waals surface area contributed by atoms with Crippen molar-refractivity contribution in [3.05, 3.63) is 53.1 Å². The van der Waals surface area contributed by atoms with E-state index in [1.165, 1.54) is 0 Å². The Hall–Kier alpha value is -3.66. The number of hydrogen-bond donors (Lipinski definition) is 1. The van der Waals surface area contributed by atoms with Crippen molar-refractivity contribution in [1.29, 1.82) is 0 Å². The number of nitrogens with zero attached hydrogens (tertiary/aromatic N) is 7. The van der Waals surface area contributed by atoms with Gasteiger partial charge in [0.15, 0.2) is 0 Å². The van der Waals surface area contributed by atoms with Crippen LogP contribution >= 0.6 is 0 Å². The second-order valence-electron chi connectivity index (χ2n) is 8.33. The molecule has 10 nitrogen and oxygen atoms in total. The van der Waals surface area contributed by atoms with Crippen LogP contribution in [0.3, 0.4) is 0 Å². The Bertz CT molecular complexity index is 1120. The third kappa shape index (κ3) is 5.82. The number of ether oxygens (including phenoxy) is 1. The molecule has 0 aliphatic carbocycles. The molecule has 1 saturated heterocycles. The number of amides is 1. The van der Waals surface area contributed by atoms with E-state index in [1.54, 1.807) is 0 Å². The summed E-state index contributed by atoms with van der Waals surface area (Å²) in [4.78, 5) is 39.4. The van der Waals surface area contributed by atoms with Gasteiger partial charge in [-0.2, -0.15) is 24.9 Å². The van der Waals surface area contributed by atoms with Gasteiger partial charge in [-0.25, -0.2) is 0 Å². The van der Waals surface area contributed by atoms with Crippen molar-refractivity contribution in [2.75, 3.05) is 43.4 Å². The van der Waals surface area contributed by atoms with E-state index < -0.39 is 0 Å². The van der Waals surface area contributed by atoms with E-state index in [4.69, 9.17) is 4.74 Å². The van der Waals surface area contributed by atoms with E-state index >= 15 is 0 Å². The molecule has 1 amide bonds. The van der Waals surface area contributed by atoms with Gasteiger partial charge in [-0.15, -0.1) is 0 Å². The van der Waals surface area contributed by atoms with Gasteiger partial charge in [-0.05, 0) is 33.0 Å². The van der Waals surface area contributed by atoms with Gasteiger partial charge in [-0.3, -0.25) is 4.79 Å². The van der Waals surface area contributed by atoms with Crippen LogP contribution in [0.4, 0.5) is 11.6 Å². The average molecular weight is 463 g/mol. The van der Waals surface area contributed by atoms with Crippen LogP contribution in [0.5, 0.6) is 12.0 Å². The Labute approximate surface area is 199 Å². The molecule has 0 spiro atoms. The predicted molar refractivity (Wildman–Crippen MR) is 129 cm³/mol. The van der Waals surface area contributed by atoms with Gasteiger partial charge in [0.25, 0.3) is 0 Å². The summed E-state index contributed by atoms with van der Waals surface area (Å²) in [5, 5.41) is 2.89. The topological polar surface area (TPSA) is 109 Å². The molecule has 34 heavy (non-hydrogen) atoms. The first-order chi connectivity index (χ1) is 16.4. The summed E-state index contributed by atoms with van der Waals surface area (Å²) in [6, 6.07) is 9.68. The fraction of sp³-hybridized carbons (Fsp3) is 0.417. The third-order valence-corrected chi connectivity index (χ3v) is 5.73. The molecule has 0 saturated carbocycles. The maximum absolute atomic E-state index is 12.5. The predicted octanol–water partition coefficient (Wildman–Crippen LogP) is 2.57. The van der Waals surface area contributed by atoms with Crippen LogP contribution in [0.1, 0.15) is 29.7 Å². The van der Waals surface area contributed by atoms with E-state index in [-0.39, 0.29) is 24.3 Å². The number of carbonyl (C=O) groups is 1. The van der Waals surface area contributed by atoms with Crippen LogP contribution in [0, 0.1) is 13.8 Å². The maximum Gasteiger partial charge on any atom is 0.329 e. The summed E-state index contributed by atoms with van der Waals surface area (Å²) in [7, 11) is 2.10. The van der Waals surface area contributed by atoms with Gasteiger partial charge in [0.1, 0.15) is 5.82 Å². The number of likely N-dealkylation sites (N-methyl/N-ethyl adjacent to an activating group) is 1. The number of anilines is 2. The van der Waals surface area contributed by atoms with Crippen LogP contribution in [0.15, 0.2) is 30.3 Å². The molecule has 178 valence electrons. The molecule has 3 heterocycles. The number of rotatable bonds is 7. The number of piperazine rings is 1. The zero-order valence-electron chi connectivity index (χ0n) is 20.1. The van der Waals surface area contributed by atoms with Gasteiger partial charge >= 0.3 is 12.0 Å². The number of nitrogens with one attached hydrogen (secondary N) is 1. The lowest BCUT2D eigenvalue weighted by atomic mass is 10.1. The van der Waals surface area contributed by atoms with E-state index in [0.717, 1.165) is 37.4 Å². The minimum absolute atomic E-state index is 0.128. The highest BCUT2D eigenvalue weighted by Crippen LogP contribution is 2.21. The quantitative estimate of drug-likeness (QED) is 0.566. The molecular weight excluding hydrogens is 432 g/mol. The lowest BCUT2D eigenvalue weighted by Crippen LogP contribution is -2.45. The molecule has 1 aliphatic rings. The van der Waals surface area contributed by atoms with Crippen molar-refractivity contribution in [3.8, 4) is 12.0 Å². The van der Waals surface area contributed by atoms with Crippen LogP contribution in [-0.2, 0) is 17.6 Å². The smallest absolute Gasteiger partial charge is 0.329 e. The Balaban J connectivity index is 1.49. The summed E-state index contributed by atoms with van der Waals surface area (Å²) < 4.78 is 5.87. The normalized spacial score (nSPS) is 14.2. The molecule has 0 atom stereocenters. The summed E-state index contributed by atoms with van der Waals surface area (Å²) in [6.07, 6.45) is 0.833. The monoisotopic (exact) mass is 462 g/mol. The van der Waals surface area contributed by atoms with Gasteiger partial charge < -0.3 is 19.9 Å². The Kier molecular flexibility index (Phi) is 7.27. The zero-order valence-corrected chi connectivity index (χ0v) is 20.1. The molecule has 10 heteroatoms. The molecule has 4 rings (SSSR count). The second kappa shape index (κ2) is 10.5. The number of para-hydroxylation sites is 1. The van der Waals surface area contributed by atoms with Crippen LogP contribution in [0.25, 0.3) is 0 Å². The molecular formula is C24H30N8O2. The summed E-state index contributed by atoms with van der Waals surface area (Å²) >= 11 is 0. The summed E-state index contributed by atoms with van der Waals surface area (Å²) in [5.41, 5.74) is 2.87. The maximum atomic E-state index is 12.5. The lowest BCUT2D eigenvalue weighted by Gasteiger charge is -2.32. The Morgan fingerprint density at radius 2 is 1.59 bits per heavy atom. The number of carbonyl (C=O) groups excluding carboxylic acids is 1. The zero-order chi connectivity index (χ0) is 24.1. The largest absolute Gasteiger partial charge is 0.388 e. The molecule has 1 fully saturated rings. The van der Waals surface area contributed by atoms with Crippen molar-refractivity contribution in [2.24, 2.45) is 0 Å².